The molecule has 1 saturated carbocycles. The monoisotopic (exact) mass is 273 g/mol. The Morgan fingerprint density at radius 2 is 2.00 bits per heavy atom. The Balaban J connectivity index is 1.55. The summed E-state index contributed by atoms with van der Waals surface area (Å²) in [6.07, 6.45) is 4.88. The molecule has 0 saturated heterocycles. The van der Waals surface area contributed by atoms with Gasteiger partial charge in [-0.15, -0.1) is 0 Å². The fourth-order valence-electron chi connectivity index (χ4n) is 2.71. The van der Waals surface area contributed by atoms with Crippen molar-refractivity contribution >= 4 is 11.9 Å². The van der Waals surface area contributed by atoms with Crippen LogP contribution in [0.4, 0.5) is 0 Å². The van der Waals surface area contributed by atoms with Crippen LogP contribution in [0, 0.1) is 5.92 Å². The SMILES string of the molecule is O=C(COC(=O)C1CC1)N[C@H]1CCCc2ccccc21. The summed E-state index contributed by atoms with van der Waals surface area (Å²) in [6.45, 7) is -0.159. The lowest BCUT2D eigenvalue weighted by atomic mass is 9.88. The average Bonchev–Trinajstić information content (AvgIpc) is 3.30. The second-order valence-electron chi connectivity index (χ2n) is 5.59. The number of benzene rings is 1. The molecule has 0 radical (unpaired) electrons. The molecule has 2 aliphatic carbocycles. The van der Waals surface area contributed by atoms with Crippen molar-refractivity contribution < 1.29 is 14.3 Å². The second-order valence-corrected chi connectivity index (χ2v) is 5.59. The molecule has 2 aliphatic rings. The Morgan fingerprint density at radius 3 is 2.80 bits per heavy atom. The molecule has 4 nitrogen and oxygen atoms in total. The molecular formula is C16H19NO3. The van der Waals surface area contributed by atoms with E-state index in [2.05, 4.69) is 17.4 Å². The van der Waals surface area contributed by atoms with Gasteiger partial charge in [-0.25, -0.2) is 0 Å². The van der Waals surface area contributed by atoms with Crippen LogP contribution in [0.3, 0.4) is 0 Å². The summed E-state index contributed by atoms with van der Waals surface area (Å²) in [7, 11) is 0. The summed E-state index contributed by atoms with van der Waals surface area (Å²) in [5.41, 5.74) is 2.50. The van der Waals surface area contributed by atoms with E-state index < -0.39 is 0 Å². The fourth-order valence-corrected chi connectivity index (χ4v) is 2.71. The minimum absolute atomic E-state index is 0.0400. The Bertz CT molecular complexity index is 522. The maximum atomic E-state index is 11.9. The lowest BCUT2D eigenvalue weighted by Gasteiger charge is -2.26. The zero-order valence-electron chi connectivity index (χ0n) is 11.4. The molecule has 0 unspecified atom stereocenters. The van der Waals surface area contributed by atoms with Crippen molar-refractivity contribution in [1.29, 1.82) is 0 Å². The first-order valence-electron chi connectivity index (χ1n) is 7.28. The van der Waals surface area contributed by atoms with E-state index in [9.17, 15) is 9.59 Å². The summed E-state index contributed by atoms with van der Waals surface area (Å²) in [4.78, 5) is 23.3. The lowest BCUT2D eigenvalue weighted by molar-refractivity contribution is -0.150. The van der Waals surface area contributed by atoms with E-state index in [1.54, 1.807) is 0 Å². The van der Waals surface area contributed by atoms with Crippen LogP contribution in [0.2, 0.25) is 0 Å². The summed E-state index contributed by atoms with van der Waals surface area (Å²) in [5.74, 6) is -0.400. The van der Waals surface area contributed by atoms with Gasteiger partial charge in [0.15, 0.2) is 6.61 Å². The number of nitrogens with one attached hydrogen (secondary N) is 1. The number of aryl methyl sites for hydroxylation is 1. The summed E-state index contributed by atoms with van der Waals surface area (Å²) < 4.78 is 5.01. The molecule has 0 heterocycles. The first kappa shape index (κ1) is 13.2. The van der Waals surface area contributed by atoms with Gasteiger partial charge in [-0.3, -0.25) is 9.59 Å². The number of hydrogen-bond donors (Lipinski definition) is 1. The number of rotatable bonds is 4. The van der Waals surface area contributed by atoms with E-state index in [1.165, 1.54) is 11.1 Å². The van der Waals surface area contributed by atoms with Crippen LogP contribution in [0.25, 0.3) is 0 Å². The van der Waals surface area contributed by atoms with E-state index in [0.29, 0.717) is 0 Å². The molecule has 0 spiro atoms. The van der Waals surface area contributed by atoms with Gasteiger partial charge in [-0.1, -0.05) is 24.3 Å². The van der Waals surface area contributed by atoms with Crippen LogP contribution in [-0.4, -0.2) is 18.5 Å². The number of fused-ring (bicyclic) bond motifs is 1. The highest BCUT2D eigenvalue weighted by Crippen LogP contribution is 2.30. The maximum absolute atomic E-state index is 11.9. The third-order valence-electron chi connectivity index (χ3n) is 3.96. The Hall–Kier alpha value is -1.84. The minimum Gasteiger partial charge on any atom is -0.455 e. The van der Waals surface area contributed by atoms with Gasteiger partial charge in [0, 0.05) is 0 Å². The predicted octanol–water partition coefficient (Wildman–Crippen LogP) is 2.13. The average molecular weight is 273 g/mol. The van der Waals surface area contributed by atoms with Crippen molar-refractivity contribution in [1.82, 2.24) is 5.32 Å². The smallest absolute Gasteiger partial charge is 0.309 e. The molecule has 20 heavy (non-hydrogen) atoms. The van der Waals surface area contributed by atoms with Gasteiger partial charge in [-0.2, -0.15) is 0 Å². The fraction of sp³-hybridized carbons (Fsp3) is 0.500. The standard InChI is InChI=1S/C16H19NO3/c18-15(10-20-16(19)12-8-9-12)17-14-7-3-5-11-4-1-2-6-13(11)14/h1-2,4,6,12,14H,3,5,7-10H2,(H,17,18)/t14-/m0/s1. The normalized spacial score (nSPS) is 20.9. The number of amides is 1. The summed E-state index contributed by atoms with van der Waals surface area (Å²) >= 11 is 0. The number of carbonyl (C=O) groups is 2. The van der Waals surface area contributed by atoms with Crippen molar-refractivity contribution in [3.8, 4) is 0 Å². The van der Waals surface area contributed by atoms with Crippen molar-refractivity contribution in [3.63, 3.8) is 0 Å². The molecule has 1 atom stereocenters. The number of carbonyl (C=O) groups excluding carboxylic acids is 2. The zero-order chi connectivity index (χ0) is 13.9. The molecule has 106 valence electrons. The van der Waals surface area contributed by atoms with E-state index in [0.717, 1.165) is 32.1 Å². The van der Waals surface area contributed by atoms with Crippen molar-refractivity contribution in [2.75, 3.05) is 6.61 Å². The van der Waals surface area contributed by atoms with Crippen molar-refractivity contribution in [3.05, 3.63) is 35.4 Å². The molecule has 1 N–H and O–H groups in total. The van der Waals surface area contributed by atoms with Gasteiger partial charge in [0.05, 0.1) is 12.0 Å². The van der Waals surface area contributed by atoms with Crippen molar-refractivity contribution in [2.45, 2.75) is 38.1 Å². The highest BCUT2D eigenvalue weighted by Gasteiger charge is 2.31. The predicted molar refractivity (Wildman–Crippen MR) is 73.9 cm³/mol. The molecular weight excluding hydrogens is 254 g/mol. The van der Waals surface area contributed by atoms with Crippen LogP contribution < -0.4 is 5.32 Å². The van der Waals surface area contributed by atoms with Gasteiger partial charge in [0.1, 0.15) is 0 Å². The third-order valence-corrected chi connectivity index (χ3v) is 3.96. The molecule has 1 fully saturated rings. The summed E-state index contributed by atoms with van der Waals surface area (Å²) in [6, 6.07) is 8.25. The molecule has 3 rings (SSSR count). The van der Waals surface area contributed by atoms with Gasteiger partial charge < -0.3 is 10.1 Å². The highest BCUT2D eigenvalue weighted by atomic mass is 16.5. The number of ether oxygens (including phenoxy) is 1. The Kier molecular flexibility index (Phi) is 3.72. The molecule has 1 amide bonds. The van der Waals surface area contributed by atoms with Crippen LogP contribution in [0.15, 0.2) is 24.3 Å². The molecule has 1 aromatic carbocycles. The molecule has 0 aliphatic heterocycles. The minimum atomic E-state index is -0.232. The first-order chi connectivity index (χ1) is 9.74. The lowest BCUT2D eigenvalue weighted by Crippen LogP contribution is -2.34. The van der Waals surface area contributed by atoms with E-state index >= 15 is 0 Å². The molecule has 1 aromatic rings. The van der Waals surface area contributed by atoms with E-state index in [1.807, 2.05) is 12.1 Å². The van der Waals surface area contributed by atoms with Crippen molar-refractivity contribution in [2.24, 2.45) is 5.92 Å². The zero-order valence-corrected chi connectivity index (χ0v) is 11.4. The molecule has 0 aromatic heterocycles. The number of esters is 1. The van der Waals surface area contributed by atoms with E-state index in [4.69, 9.17) is 4.74 Å². The first-order valence-corrected chi connectivity index (χ1v) is 7.28. The van der Waals surface area contributed by atoms with Crippen LogP contribution in [-0.2, 0) is 20.7 Å². The Labute approximate surface area is 118 Å². The van der Waals surface area contributed by atoms with Gasteiger partial charge in [0.2, 0.25) is 0 Å². The number of hydrogen-bond acceptors (Lipinski definition) is 3. The maximum Gasteiger partial charge on any atom is 0.309 e. The van der Waals surface area contributed by atoms with E-state index in [-0.39, 0.29) is 30.4 Å². The summed E-state index contributed by atoms with van der Waals surface area (Å²) in [5, 5.41) is 2.97. The molecule has 4 heteroatoms. The quantitative estimate of drug-likeness (QED) is 0.855. The van der Waals surface area contributed by atoms with Crippen LogP contribution in [0.5, 0.6) is 0 Å². The molecule has 0 bridgehead atoms. The van der Waals surface area contributed by atoms with Gasteiger partial charge in [-0.05, 0) is 43.2 Å². The van der Waals surface area contributed by atoms with Crippen LogP contribution in [0.1, 0.15) is 42.9 Å². The Morgan fingerprint density at radius 1 is 1.20 bits per heavy atom. The highest BCUT2D eigenvalue weighted by molar-refractivity contribution is 5.82. The third kappa shape index (κ3) is 3.00. The second kappa shape index (κ2) is 5.65. The van der Waals surface area contributed by atoms with Gasteiger partial charge in [0.25, 0.3) is 5.91 Å². The van der Waals surface area contributed by atoms with Gasteiger partial charge >= 0.3 is 5.97 Å². The largest absolute Gasteiger partial charge is 0.455 e. The topological polar surface area (TPSA) is 55.4 Å². The van der Waals surface area contributed by atoms with Crippen LogP contribution >= 0.6 is 0 Å².